The number of benzene rings is 2. The highest BCUT2D eigenvalue weighted by Gasteiger charge is 2.20. The molecule has 132 valence electrons. The van der Waals surface area contributed by atoms with Gasteiger partial charge in [0, 0.05) is 11.1 Å². The number of carbonyl (C=O) groups excluding carboxylic acids is 2. The Morgan fingerprint density at radius 2 is 1.60 bits per heavy atom. The van der Waals surface area contributed by atoms with E-state index in [-0.39, 0.29) is 17.6 Å². The van der Waals surface area contributed by atoms with Gasteiger partial charge in [-0.15, -0.1) is 0 Å². The normalized spacial score (nSPS) is 12.6. The SMILES string of the molecule is CC(C)(C)c1ccc(C(=O)C[C@@H]([NH2+]Cc2ccccc2)C(=O)[O-])cc1. The number of hydrogen-bond acceptors (Lipinski definition) is 3. The largest absolute Gasteiger partial charge is 0.544 e. The van der Waals surface area contributed by atoms with Crippen LogP contribution in [0.15, 0.2) is 54.6 Å². The lowest BCUT2D eigenvalue weighted by Crippen LogP contribution is -2.92. The number of nitrogens with two attached hydrogens (primary N) is 1. The van der Waals surface area contributed by atoms with E-state index in [0.717, 1.165) is 11.1 Å². The number of hydrogen-bond donors (Lipinski definition) is 1. The molecule has 0 aliphatic carbocycles. The Morgan fingerprint density at radius 1 is 1.00 bits per heavy atom. The highest BCUT2D eigenvalue weighted by molar-refractivity contribution is 5.98. The van der Waals surface area contributed by atoms with Gasteiger partial charge in [-0.1, -0.05) is 75.4 Å². The lowest BCUT2D eigenvalue weighted by atomic mass is 9.86. The van der Waals surface area contributed by atoms with Crippen LogP contribution in [0.5, 0.6) is 0 Å². The van der Waals surface area contributed by atoms with E-state index >= 15 is 0 Å². The number of carboxylic acid groups (broad SMARTS) is 1. The quantitative estimate of drug-likeness (QED) is 0.776. The highest BCUT2D eigenvalue weighted by atomic mass is 16.4. The average molecular weight is 339 g/mol. The number of rotatable bonds is 7. The van der Waals surface area contributed by atoms with Crippen molar-refractivity contribution in [3.63, 3.8) is 0 Å². The number of aliphatic carboxylic acids is 1. The summed E-state index contributed by atoms with van der Waals surface area (Å²) in [6, 6.07) is 16.1. The van der Waals surface area contributed by atoms with Crippen LogP contribution in [0.3, 0.4) is 0 Å². The van der Waals surface area contributed by atoms with Crippen molar-refractivity contribution in [2.75, 3.05) is 0 Å². The summed E-state index contributed by atoms with van der Waals surface area (Å²) in [5, 5.41) is 13.0. The van der Waals surface area contributed by atoms with Gasteiger partial charge in [0.05, 0.1) is 12.4 Å². The van der Waals surface area contributed by atoms with E-state index in [9.17, 15) is 14.7 Å². The van der Waals surface area contributed by atoms with Crippen LogP contribution in [0.1, 0.15) is 48.7 Å². The zero-order valence-corrected chi connectivity index (χ0v) is 15.0. The molecule has 2 aromatic rings. The molecule has 0 saturated carbocycles. The van der Waals surface area contributed by atoms with E-state index < -0.39 is 12.0 Å². The maximum absolute atomic E-state index is 12.4. The second kappa shape index (κ2) is 8.08. The minimum absolute atomic E-state index is 0.0125. The zero-order chi connectivity index (χ0) is 18.4. The van der Waals surface area contributed by atoms with E-state index in [1.165, 1.54) is 0 Å². The van der Waals surface area contributed by atoms with E-state index in [4.69, 9.17) is 0 Å². The minimum atomic E-state index is -1.21. The fourth-order valence-electron chi connectivity index (χ4n) is 2.63. The Morgan fingerprint density at radius 3 is 2.12 bits per heavy atom. The molecule has 4 heteroatoms. The van der Waals surface area contributed by atoms with Crippen molar-refractivity contribution in [1.29, 1.82) is 0 Å². The summed E-state index contributed by atoms with van der Waals surface area (Å²) < 4.78 is 0. The standard InChI is InChI=1S/C21H25NO3/c1-21(2,3)17-11-9-16(10-12-17)19(23)13-18(20(24)25)22-14-15-7-5-4-6-8-15/h4-12,18,22H,13-14H2,1-3H3,(H,24,25)/t18-/m1/s1. The van der Waals surface area contributed by atoms with Gasteiger partial charge in [0.15, 0.2) is 5.78 Å². The summed E-state index contributed by atoms with van der Waals surface area (Å²) in [4.78, 5) is 23.8. The van der Waals surface area contributed by atoms with Crippen LogP contribution < -0.4 is 10.4 Å². The molecule has 0 heterocycles. The molecule has 4 nitrogen and oxygen atoms in total. The van der Waals surface area contributed by atoms with Crippen LogP contribution in [0.2, 0.25) is 0 Å². The third kappa shape index (κ3) is 5.54. The molecule has 0 unspecified atom stereocenters. The molecule has 0 aliphatic heterocycles. The van der Waals surface area contributed by atoms with Gasteiger partial charge < -0.3 is 15.2 Å². The van der Waals surface area contributed by atoms with Crippen LogP contribution in [0.25, 0.3) is 0 Å². The van der Waals surface area contributed by atoms with Crippen molar-refractivity contribution in [2.45, 2.75) is 45.2 Å². The van der Waals surface area contributed by atoms with E-state index in [0.29, 0.717) is 12.1 Å². The molecule has 0 amide bonds. The molecule has 1 atom stereocenters. The summed E-state index contributed by atoms with van der Waals surface area (Å²) in [7, 11) is 0. The molecule has 0 radical (unpaired) electrons. The van der Waals surface area contributed by atoms with Gasteiger partial charge in [-0.05, 0) is 11.0 Å². The fourth-order valence-corrected chi connectivity index (χ4v) is 2.63. The summed E-state index contributed by atoms with van der Waals surface area (Å²) in [6.45, 7) is 6.81. The van der Waals surface area contributed by atoms with Crippen molar-refractivity contribution >= 4 is 11.8 Å². The lowest BCUT2D eigenvalue weighted by Gasteiger charge is -2.19. The van der Waals surface area contributed by atoms with Crippen LogP contribution in [0, 0.1) is 0 Å². The number of quaternary nitrogens is 1. The minimum Gasteiger partial charge on any atom is -0.544 e. The number of Topliss-reactive ketones (excluding diaryl/α,β-unsaturated/α-hetero) is 1. The molecule has 2 rings (SSSR count). The number of carbonyl (C=O) groups is 2. The Kier molecular flexibility index (Phi) is 6.10. The van der Waals surface area contributed by atoms with E-state index in [1.54, 1.807) is 17.4 Å². The summed E-state index contributed by atoms with van der Waals surface area (Å²) >= 11 is 0. The second-order valence-electron chi connectivity index (χ2n) is 7.31. The molecule has 2 aromatic carbocycles. The number of ketones is 1. The Hall–Kier alpha value is -2.46. The van der Waals surface area contributed by atoms with E-state index in [2.05, 4.69) is 20.8 Å². The summed E-state index contributed by atoms with van der Waals surface area (Å²) in [5.41, 5.74) is 2.69. The third-order valence-electron chi connectivity index (χ3n) is 4.26. The predicted molar refractivity (Wildman–Crippen MR) is 95.0 cm³/mol. The maximum Gasteiger partial charge on any atom is 0.169 e. The molecular formula is C21H25NO3. The van der Waals surface area contributed by atoms with Gasteiger partial charge in [-0.2, -0.15) is 0 Å². The van der Waals surface area contributed by atoms with Crippen molar-refractivity contribution in [3.05, 3.63) is 71.3 Å². The van der Waals surface area contributed by atoms with E-state index in [1.807, 2.05) is 42.5 Å². The summed E-state index contributed by atoms with van der Waals surface area (Å²) in [5.74, 6) is -1.39. The molecule has 0 bridgehead atoms. The van der Waals surface area contributed by atoms with Crippen LogP contribution in [-0.2, 0) is 16.8 Å². The first-order valence-electron chi connectivity index (χ1n) is 8.49. The topological polar surface area (TPSA) is 73.8 Å². The zero-order valence-electron chi connectivity index (χ0n) is 15.0. The molecule has 0 aromatic heterocycles. The van der Waals surface area contributed by atoms with Gasteiger partial charge in [0.25, 0.3) is 0 Å². The molecule has 25 heavy (non-hydrogen) atoms. The first-order chi connectivity index (χ1) is 11.8. The molecule has 0 aliphatic rings. The average Bonchev–Trinajstić information content (AvgIpc) is 2.58. The molecule has 0 saturated heterocycles. The summed E-state index contributed by atoms with van der Waals surface area (Å²) in [6.07, 6.45) is -0.0793. The lowest BCUT2D eigenvalue weighted by molar-refractivity contribution is -0.697. The fraction of sp³-hybridized carbons (Fsp3) is 0.333. The van der Waals surface area contributed by atoms with Crippen molar-refractivity contribution in [2.24, 2.45) is 0 Å². The molecule has 2 N–H and O–H groups in total. The molecular weight excluding hydrogens is 314 g/mol. The Balaban J connectivity index is 2.01. The van der Waals surface area contributed by atoms with Gasteiger partial charge in [-0.3, -0.25) is 4.79 Å². The van der Waals surface area contributed by atoms with Gasteiger partial charge in [0.1, 0.15) is 12.6 Å². The smallest absolute Gasteiger partial charge is 0.169 e. The molecule has 0 spiro atoms. The molecule has 0 fully saturated rings. The van der Waals surface area contributed by atoms with Gasteiger partial charge in [0.2, 0.25) is 0 Å². The maximum atomic E-state index is 12.4. The third-order valence-corrected chi connectivity index (χ3v) is 4.26. The monoisotopic (exact) mass is 339 g/mol. The van der Waals surface area contributed by atoms with Gasteiger partial charge in [-0.25, -0.2) is 0 Å². The first kappa shape index (κ1) is 18.9. The highest BCUT2D eigenvalue weighted by Crippen LogP contribution is 2.22. The van der Waals surface area contributed by atoms with Crippen molar-refractivity contribution < 1.29 is 20.0 Å². The van der Waals surface area contributed by atoms with Crippen LogP contribution in [0.4, 0.5) is 0 Å². The van der Waals surface area contributed by atoms with Crippen molar-refractivity contribution in [3.8, 4) is 0 Å². The predicted octanol–water partition coefficient (Wildman–Crippen LogP) is 1.44. The number of carboxylic acids is 1. The van der Waals surface area contributed by atoms with Gasteiger partial charge >= 0.3 is 0 Å². The van der Waals surface area contributed by atoms with Crippen LogP contribution >= 0.6 is 0 Å². The second-order valence-corrected chi connectivity index (χ2v) is 7.31. The van der Waals surface area contributed by atoms with Crippen LogP contribution in [-0.4, -0.2) is 17.8 Å². The Labute approximate surface area is 148 Å². The first-order valence-corrected chi connectivity index (χ1v) is 8.49. The van der Waals surface area contributed by atoms with Crippen molar-refractivity contribution in [1.82, 2.24) is 0 Å². The Bertz CT molecular complexity index is 715.